The van der Waals surface area contributed by atoms with Crippen LogP contribution in [0.3, 0.4) is 0 Å². The highest BCUT2D eigenvalue weighted by atomic mass is 32.1. The molecule has 5 heteroatoms. The molecule has 4 rings (SSSR count). The molecular weight excluding hydrogens is 260 g/mol. The van der Waals surface area contributed by atoms with Crippen molar-refractivity contribution in [2.45, 2.75) is 44.1 Å². The third-order valence-electron chi connectivity index (χ3n) is 4.98. The second-order valence-corrected chi connectivity index (χ2v) is 7.22. The van der Waals surface area contributed by atoms with Crippen LogP contribution >= 0.6 is 11.3 Å². The Kier molecular flexibility index (Phi) is 2.92. The molecule has 1 aromatic rings. The van der Waals surface area contributed by atoms with Crippen molar-refractivity contribution in [3.05, 3.63) is 4.88 Å². The fourth-order valence-electron chi connectivity index (χ4n) is 3.97. The zero-order valence-corrected chi connectivity index (χ0v) is 11.8. The lowest BCUT2D eigenvalue weighted by atomic mass is 9.96. The smallest absolute Gasteiger partial charge is 0.227 e. The number of nitrogens with zero attached hydrogens (tertiary/aromatic N) is 1. The first kappa shape index (κ1) is 12.0. The second-order valence-electron chi connectivity index (χ2n) is 6.19. The summed E-state index contributed by atoms with van der Waals surface area (Å²) < 4.78 is 5.40. The van der Waals surface area contributed by atoms with E-state index in [1.165, 1.54) is 25.7 Å². The first-order valence-corrected chi connectivity index (χ1v) is 8.15. The van der Waals surface area contributed by atoms with Crippen molar-refractivity contribution in [3.63, 3.8) is 0 Å². The molecular formula is C14H20N2O2S. The SMILES string of the molecule is Oc1nc(N[C@H]2C[C@@H]3CC[C@H]2C3)sc1[C@@H]1CCOC1. The molecule has 1 aliphatic heterocycles. The Bertz CT molecular complexity index is 470. The minimum absolute atomic E-state index is 0.214. The predicted octanol–water partition coefficient (Wildman–Crippen LogP) is 2.95. The molecule has 0 spiro atoms. The second kappa shape index (κ2) is 4.63. The van der Waals surface area contributed by atoms with Gasteiger partial charge in [-0.15, -0.1) is 0 Å². The molecule has 0 unspecified atom stereocenters. The van der Waals surface area contributed by atoms with Crippen molar-refractivity contribution in [2.24, 2.45) is 11.8 Å². The zero-order valence-electron chi connectivity index (χ0n) is 11.0. The highest BCUT2D eigenvalue weighted by Crippen LogP contribution is 2.46. The number of ether oxygens (including phenoxy) is 1. The van der Waals surface area contributed by atoms with Crippen LogP contribution in [0.4, 0.5) is 5.13 Å². The lowest BCUT2D eigenvalue weighted by Gasteiger charge is -2.22. The maximum Gasteiger partial charge on any atom is 0.227 e. The summed E-state index contributed by atoms with van der Waals surface area (Å²) in [6.45, 7) is 1.53. The van der Waals surface area contributed by atoms with E-state index < -0.39 is 0 Å². The Balaban J connectivity index is 1.48. The summed E-state index contributed by atoms with van der Waals surface area (Å²) >= 11 is 1.62. The monoisotopic (exact) mass is 280 g/mol. The predicted molar refractivity (Wildman–Crippen MR) is 74.8 cm³/mol. The van der Waals surface area contributed by atoms with Crippen LogP contribution in [0.25, 0.3) is 0 Å². The molecule has 0 aromatic carbocycles. The van der Waals surface area contributed by atoms with Crippen LogP contribution in [0.2, 0.25) is 0 Å². The maximum absolute atomic E-state index is 10.0. The van der Waals surface area contributed by atoms with Crippen LogP contribution in [0, 0.1) is 11.8 Å². The molecule has 1 aromatic heterocycles. The fourth-order valence-corrected chi connectivity index (χ4v) is 5.01. The molecule has 2 heterocycles. The average molecular weight is 280 g/mol. The fraction of sp³-hybridized carbons (Fsp3) is 0.786. The summed E-state index contributed by atoms with van der Waals surface area (Å²) in [5.41, 5.74) is 0. The molecule has 4 atom stereocenters. The summed E-state index contributed by atoms with van der Waals surface area (Å²) in [6, 6.07) is 0.581. The van der Waals surface area contributed by atoms with Gasteiger partial charge >= 0.3 is 0 Å². The zero-order chi connectivity index (χ0) is 12.8. The Morgan fingerprint density at radius 3 is 2.89 bits per heavy atom. The van der Waals surface area contributed by atoms with Crippen LogP contribution in [0.5, 0.6) is 5.88 Å². The van der Waals surface area contributed by atoms with Crippen molar-refractivity contribution in [2.75, 3.05) is 18.5 Å². The molecule has 0 radical (unpaired) electrons. The third-order valence-corrected chi connectivity index (χ3v) is 6.12. The van der Waals surface area contributed by atoms with E-state index in [-0.39, 0.29) is 5.88 Å². The molecule has 0 amide bonds. The summed E-state index contributed by atoms with van der Waals surface area (Å²) in [4.78, 5) is 5.31. The highest BCUT2D eigenvalue weighted by molar-refractivity contribution is 7.16. The number of thiazole rings is 1. The Labute approximate surface area is 117 Å². The summed E-state index contributed by atoms with van der Waals surface area (Å²) in [5, 5.41) is 14.5. The summed E-state index contributed by atoms with van der Waals surface area (Å²) in [6.07, 6.45) is 6.45. The van der Waals surface area contributed by atoms with Gasteiger partial charge in [-0.25, -0.2) is 0 Å². The van der Waals surface area contributed by atoms with Crippen molar-refractivity contribution in [1.82, 2.24) is 4.98 Å². The average Bonchev–Trinajstić information content (AvgIpc) is 3.12. The van der Waals surface area contributed by atoms with E-state index in [2.05, 4.69) is 10.3 Å². The molecule has 3 aliphatic rings. The highest BCUT2D eigenvalue weighted by Gasteiger charge is 2.40. The lowest BCUT2D eigenvalue weighted by molar-refractivity contribution is 0.194. The van der Waals surface area contributed by atoms with Crippen molar-refractivity contribution in [3.8, 4) is 5.88 Å². The molecule has 2 N–H and O–H groups in total. The van der Waals surface area contributed by atoms with Gasteiger partial charge in [0.2, 0.25) is 5.88 Å². The normalized spacial score (nSPS) is 37.1. The van der Waals surface area contributed by atoms with E-state index in [9.17, 15) is 5.11 Å². The Morgan fingerprint density at radius 2 is 2.21 bits per heavy atom. The quantitative estimate of drug-likeness (QED) is 0.894. The topological polar surface area (TPSA) is 54.4 Å². The lowest BCUT2D eigenvalue weighted by Crippen LogP contribution is -2.25. The number of nitrogens with one attached hydrogen (secondary N) is 1. The van der Waals surface area contributed by atoms with Gasteiger partial charge in [0.25, 0.3) is 0 Å². The van der Waals surface area contributed by atoms with Gasteiger partial charge in [0, 0.05) is 18.6 Å². The number of aromatic hydroxyl groups is 1. The molecule has 3 fully saturated rings. The van der Waals surface area contributed by atoms with Gasteiger partial charge in [0.05, 0.1) is 11.5 Å². The van der Waals surface area contributed by atoms with E-state index in [0.717, 1.165) is 41.5 Å². The van der Waals surface area contributed by atoms with Crippen LogP contribution < -0.4 is 5.32 Å². The molecule has 4 nitrogen and oxygen atoms in total. The number of aromatic nitrogens is 1. The Morgan fingerprint density at radius 1 is 1.26 bits per heavy atom. The van der Waals surface area contributed by atoms with E-state index in [1.54, 1.807) is 11.3 Å². The Hall–Kier alpha value is -0.810. The van der Waals surface area contributed by atoms with E-state index in [4.69, 9.17) is 4.74 Å². The van der Waals surface area contributed by atoms with Crippen LogP contribution in [0.1, 0.15) is 42.9 Å². The van der Waals surface area contributed by atoms with E-state index in [1.807, 2.05) is 0 Å². The molecule has 104 valence electrons. The van der Waals surface area contributed by atoms with E-state index >= 15 is 0 Å². The summed E-state index contributed by atoms with van der Waals surface area (Å²) in [7, 11) is 0. The minimum Gasteiger partial charge on any atom is -0.492 e. The number of rotatable bonds is 3. The van der Waals surface area contributed by atoms with Crippen molar-refractivity contribution >= 4 is 16.5 Å². The van der Waals surface area contributed by atoms with Crippen LogP contribution in [0.15, 0.2) is 0 Å². The van der Waals surface area contributed by atoms with Gasteiger partial charge < -0.3 is 15.2 Å². The number of hydrogen-bond acceptors (Lipinski definition) is 5. The molecule has 19 heavy (non-hydrogen) atoms. The van der Waals surface area contributed by atoms with Gasteiger partial charge in [0.1, 0.15) is 0 Å². The maximum atomic E-state index is 10.0. The molecule has 2 aliphatic carbocycles. The van der Waals surface area contributed by atoms with E-state index in [0.29, 0.717) is 12.0 Å². The standard InChI is InChI=1S/C14H20N2O2S/c17-13-12(10-3-4-18-7-10)19-14(16-13)15-11-6-8-1-2-9(11)5-8/h8-11,17H,1-7H2,(H,15,16)/t8-,9+,10-,11+/m1/s1. The number of anilines is 1. The largest absolute Gasteiger partial charge is 0.492 e. The molecule has 1 saturated heterocycles. The first-order chi connectivity index (χ1) is 9.29. The van der Waals surface area contributed by atoms with Gasteiger partial charge in [-0.05, 0) is 37.5 Å². The van der Waals surface area contributed by atoms with Crippen LogP contribution in [-0.2, 0) is 4.74 Å². The van der Waals surface area contributed by atoms with Crippen molar-refractivity contribution < 1.29 is 9.84 Å². The number of hydrogen-bond donors (Lipinski definition) is 2. The van der Waals surface area contributed by atoms with Gasteiger partial charge in [-0.1, -0.05) is 17.8 Å². The number of fused-ring (bicyclic) bond motifs is 2. The summed E-state index contributed by atoms with van der Waals surface area (Å²) in [5.74, 6) is 2.31. The molecule has 2 saturated carbocycles. The minimum atomic E-state index is 0.214. The van der Waals surface area contributed by atoms with Crippen LogP contribution in [-0.4, -0.2) is 29.3 Å². The van der Waals surface area contributed by atoms with Gasteiger partial charge in [-0.3, -0.25) is 0 Å². The van der Waals surface area contributed by atoms with Gasteiger partial charge in [-0.2, -0.15) is 4.98 Å². The third kappa shape index (κ3) is 2.13. The van der Waals surface area contributed by atoms with Gasteiger partial charge in [0.15, 0.2) is 5.13 Å². The first-order valence-electron chi connectivity index (χ1n) is 7.33. The van der Waals surface area contributed by atoms with Crippen molar-refractivity contribution in [1.29, 1.82) is 0 Å². The molecule has 2 bridgehead atoms.